The van der Waals surface area contributed by atoms with E-state index in [1.54, 1.807) is 0 Å². The molecule has 124 valence electrons. The van der Waals surface area contributed by atoms with Gasteiger partial charge in [-0.05, 0) is 31.9 Å². The molecule has 3 rings (SSSR count). The summed E-state index contributed by atoms with van der Waals surface area (Å²) in [5.74, 6) is -0.184. The fraction of sp³-hybridized carbons (Fsp3) is 0.500. The van der Waals surface area contributed by atoms with Gasteiger partial charge in [0.05, 0.1) is 17.1 Å². The van der Waals surface area contributed by atoms with Gasteiger partial charge in [-0.15, -0.1) is 0 Å². The van der Waals surface area contributed by atoms with Crippen LogP contribution in [0.25, 0.3) is 11.0 Å². The number of carbonyl (C=O) groups excluding carboxylic acids is 1. The molecular weight excluding hydrogens is 307 g/mol. The highest BCUT2D eigenvalue weighted by molar-refractivity contribution is 5.79. The number of fused-ring (bicyclic) bond motifs is 1. The van der Waals surface area contributed by atoms with E-state index < -0.39 is 18.5 Å². The third-order valence-corrected chi connectivity index (χ3v) is 4.22. The van der Waals surface area contributed by atoms with Gasteiger partial charge in [-0.25, -0.2) is 4.98 Å². The number of para-hydroxylation sites is 2. The third kappa shape index (κ3) is 3.04. The molecular formula is C16H18F3N3O. The van der Waals surface area contributed by atoms with E-state index >= 15 is 0 Å². The van der Waals surface area contributed by atoms with Gasteiger partial charge in [0.2, 0.25) is 5.91 Å². The van der Waals surface area contributed by atoms with Crippen molar-refractivity contribution in [3.63, 3.8) is 0 Å². The van der Waals surface area contributed by atoms with E-state index in [1.165, 1.54) is 4.90 Å². The molecule has 1 saturated heterocycles. The monoisotopic (exact) mass is 325 g/mol. The predicted molar refractivity (Wildman–Crippen MR) is 79.8 cm³/mol. The van der Waals surface area contributed by atoms with Crippen LogP contribution in [0.3, 0.4) is 0 Å². The first-order valence-corrected chi connectivity index (χ1v) is 7.72. The zero-order valence-electron chi connectivity index (χ0n) is 12.8. The van der Waals surface area contributed by atoms with Crippen molar-refractivity contribution >= 4 is 16.9 Å². The Balaban J connectivity index is 1.95. The van der Waals surface area contributed by atoms with Crippen LogP contribution < -0.4 is 0 Å². The Labute approximate surface area is 131 Å². The van der Waals surface area contributed by atoms with Gasteiger partial charge >= 0.3 is 6.18 Å². The van der Waals surface area contributed by atoms with E-state index in [1.807, 2.05) is 35.8 Å². The molecule has 0 saturated carbocycles. The summed E-state index contributed by atoms with van der Waals surface area (Å²) in [5.41, 5.74) is 1.75. The lowest BCUT2D eigenvalue weighted by atomic mass is 10.2. The summed E-state index contributed by atoms with van der Waals surface area (Å²) in [4.78, 5) is 17.9. The zero-order valence-corrected chi connectivity index (χ0v) is 12.8. The second-order valence-electron chi connectivity index (χ2n) is 5.74. The maximum absolute atomic E-state index is 12.5. The minimum Gasteiger partial charge on any atom is -0.332 e. The maximum Gasteiger partial charge on any atom is 0.397 e. The van der Waals surface area contributed by atoms with E-state index in [0.717, 1.165) is 11.0 Å². The average Bonchev–Trinajstić information content (AvgIpc) is 3.09. The molecule has 1 atom stereocenters. The van der Waals surface area contributed by atoms with E-state index in [-0.39, 0.29) is 6.04 Å². The van der Waals surface area contributed by atoms with E-state index in [0.29, 0.717) is 31.8 Å². The van der Waals surface area contributed by atoms with Crippen LogP contribution in [0.5, 0.6) is 0 Å². The van der Waals surface area contributed by atoms with Crippen molar-refractivity contribution in [1.29, 1.82) is 0 Å². The number of carbonyl (C=O) groups is 1. The van der Waals surface area contributed by atoms with Crippen molar-refractivity contribution < 1.29 is 18.0 Å². The molecule has 2 aromatic rings. The summed E-state index contributed by atoms with van der Waals surface area (Å²) in [5, 5.41) is 0. The Hall–Kier alpha value is -2.05. The van der Waals surface area contributed by atoms with Crippen LogP contribution in [-0.2, 0) is 11.3 Å². The third-order valence-electron chi connectivity index (χ3n) is 4.22. The number of alkyl halides is 3. The Morgan fingerprint density at radius 3 is 2.78 bits per heavy atom. The molecule has 2 heterocycles. The summed E-state index contributed by atoms with van der Waals surface area (Å²) in [6, 6.07) is 7.22. The molecule has 1 amide bonds. The van der Waals surface area contributed by atoms with Crippen molar-refractivity contribution in [2.75, 3.05) is 6.54 Å². The van der Waals surface area contributed by atoms with Gasteiger partial charge in [-0.1, -0.05) is 12.1 Å². The first-order chi connectivity index (χ1) is 10.9. The number of amides is 1. The molecule has 7 heteroatoms. The standard InChI is InChI=1S/C16H18F3N3O/c1-2-21-12-7-4-3-6-11(12)20-15(21)13-8-5-9-22(13)14(23)10-16(17,18)19/h3-4,6-7,13H,2,5,8-10H2,1H3/t13-/m1/s1. The molecule has 0 radical (unpaired) electrons. The minimum atomic E-state index is -4.48. The van der Waals surface area contributed by atoms with E-state index in [4.69, 9.17) is 0 Å². The second kappa shape index (κ2) is 5.86. The Morgan fingerprint density at radius 2 is 2.09 bits per heavy atom. The first kappa shape index (κ1) is 15.8. The highest BCUT2D eigenvalue weighted by Crippen LogP contribution is 2.35. The maximum atomic E-state index is 12.5. The summed E-state index contributed by atoms with van der Waals surface area (Å²) in [6.45, 7) is 2.98. The molecule has 0 unspecified atom stereocenters. The number of aryl methyl sites for hydroxylation is 1. The molecule has 1 aliphatic heterocycles. The molecule has 1 aromatic carbocycles. The van der Waals surface area contributed by atoms with Crippen molar-refractivity contribution in [2.45, 2.75) is 44.9 Å². The number of halogens is 3. The lowest BCUT2D eigenvalue weighted by Crippen LogP contribution is -2.34. The zero-order chi connectivity index (χ0) is 16.6. The molecule has 0 aliphatic carbocycles. The number of hydrogen-bond acceptors (Lipinski definition) is 2. The number of benzene rings is 1. The van der Waals surface area contributed by atoms with Crippen LogP contribution in [0.1, 0.15) is 38.1 Å². The summed E-state index contributed by atoms with van der Waals surface area (Å²) >= 11 is 0. The van der Waals surface area contributed by atoms with Crippen LogP contribution in [0, 0.1) is 0 Å². The smallest absolute Gasteiger partial charge is 0.332 e. The van der Waals surface area contributed by atoms with Crippen molar-refractivity contribution in [3.8, 4) is 0 Å². The molecule has 4 nitrogen and oxygen atoms in total. The lowest BCUT2D eigenvalue weighted by molar-refractivity contribution is -0.162. The SMILES string of the molecule is CCn1c([C@H]2CCCN2C(=O)CC(F)(F)F)nc2ccccc21. The highest BCUT2D eigenvalue weighted by atomic mass is 19.4. The molecule has 1 fully saturated rings. The fourth-order valence-electron chi connectivity index (χ4n) is 3.29. The van der Waals surface area contributed by atoms with Crippen LogP contribution >= 0.6 is 0 Å². The van der Waals surface area contributed by atoms with Gasteiger partial charge in [0.15, 0.2) is 0 Å². The summed E-state index contributed by atoms with van der Waals surface area (Å²) < 4.78 is 39.6. The Kier molecular flexibility index (Phi) is 4.04. The van der Waals surface area contributed by atoms with Gasteiger partial charge in [-0.2, -0.15) is 13.2 Å². The number of nitrogens with zero attached hydrogens (tertiary/aromatic N) is 3. The largest absolute Gasteiger partial charge is 0.397 e. The quantitative estimate of drug-likeness (QED) is 0.863. The highest BCUT2D eigenvalue weighted by Gasteiger charge is 2.39. The molecule has 23 heavy (non-hydrogen) atoms. The Bertz CT molecular complexity index is 723. The number of rotatable bonds is 3. The lowest BCUT2D eigenvalue weighted by Gasteiger charge is -2.25. The van der Waals surface area contributed by atoms with Crippen LogP contribution in [0.2, 0.25) is 0 Å². The van der Waals surface area contributed by atoms with Gasteiger partial charge in [-0.3, -0.25) is 4.79 Å². The number of aromatic nitrogens is 2. The van der Waals surface area contributed by atoms with Crippen molar-refractivity contribution in [1.82, 2.24) is 14.5 Å². The van der Waals surface area contributed by atoms with E-state index in [2.05, 4.69) is 4.98 Å². The molecule has 1 aliphatic rings. The molecule has 0 N–H and O–H groups in total. The Morgan fingerprint density at radius 1 is 1.35 bits per heavy atom. The van der Waals surface area contributed by atoms with Crippen LogP contribution in [-0.4, -0.2) is 33.1 Å². The topological polar surface area (TPSA) is 38.1 Å². The van der Waals surface area contributed by atoms with Gasteiger partial charge < -0.3 is 9.47 Å². The second-order valence-corrected chi connectivity index (χ2v) is 5.74. The number of imidazole rings is 1. The first-order valence-electron chi connectivity index (χ1n) is 7.72. The summed E-state index contributed by atoms with van der Waals surface area (Å²) in [6.07, 6.45) is -4.54. The van der Waals surface area contributed by atoms with Crippen molar-refractivity contribution in [2.24, 2.45) is 0 Å². The van der Waals surface area contributed by atoms with Gasteiger partial charge in [0, 0.05) is 13.1 Å². The number of hydrogen-bond donors (Lipinski definition) is 0. The number of likely N-dealkylation sites (tertiary alicyclic amines) is 1. The van der Waals surface area contributed by atoms with Crippen molar-refractivity contribution in [3.05, 3.63) is 30.1 Å². The van der Waals surface area contributed by atoms with E-state index in [9.17, 15) is 18.0 Å². The van der Waals surface area contributed by atoms with Crippen LogP contribution in [0.15, 0.2) is 24.3 Å². The summed E-state index contributed by atoms with van der Waals surface area (Å²) in [7, 11) is 0. The average molecular weight is 325 g/mol. The van der Waals surface area contributed by atoms with Crippen LogP contribution in [0.4, 0.5) is 13.2 Å². The molecule has 1 aromatic heterocycles. The fourth-order valence-corrected chi connectivity index (χ4v) is 3.29. The van der Waals surface area contributed by atoms with Gasteiger partial charge in [0.25, 0.3) is 0 Å². The normalized spacial score (nSPS) is 18.8. The minimum absolute atomic E-state index is 0.354. The van der Waals surface area contributed by atoms with Gasteiger partial charge in [0.1, 0.15) is 12.2 Å². The predicted octanol–water partition coefficient (Wildman–Crippen LogP) is 3.67. The molecule has 0 bridgehead atoms. The molecule has 0 spiro atoms.